The Labute approximate surface area is 144 Å². The van der Waals surface area contributed by atoms with E-state index in [1.54, 1.807) is 0 Å². The molecule has 0 aromatic heterocycles. The molecule has 130 valence electrons. The zero-order chi connectivity index (χ0) is 16.9. The molecule has 0 saturated carbocycles. The first-order valence-corrected chi connectivity index (χ1v) is 8.99. The van der Waals surface area contributed by atoms with Crippen molar-refractivity contribution in [1.29, 1.82) is 0 Å². The maximum Gasteiger partial charge on any atom is 0.253 e. The summed E-state index contributed by atoms with van der Waals surface area (Å²) in [6.45, 7) is 7.71. The Morgan fingerprint density at radius 3 is 2.08 bits per heavy atom. The lowest BCUT2D eigenvalue weighted by molar-refractivity contribution is -0.133. The number of hydrogen-bond acceptors (Lipinski definition) is 3. The number of aryl methyl sites for hydroxylation is 1. The fraction of sp³-hybridized carbons (Fsp3) is 0.579. The molecule has 0 radical (unpaired) electrons. The molecule has 2 heterocycles. The molecular weight excluding hydrogens is 302 g/mol. The Morgan fingerprint density at radius 1 is 0.875 bits per heavy atom. The summed E-state index contributed by atoms with van der Waals surface area (Å²) in [6, 6.07) is 7.69. The summed E-state index contributed by atoms with van der Waals surface area (Å²) in [7, 11) is 0. The molecule has 3 rings (SSSR count). The lowest BCUT2D eigenvalue weighted by Gasteiger charge is -2.35. The number of piperazine rings is 1. The van der Waals surface area contributed by atoms with E-state index in [4.69, 9.17) is 0 Å². The van der Waals surface area contributed by atoms with Gasteiger partial charge in [0.05, 0.1) is 0 Å². The van der Waals surface area contributed by atoms with Crippen LogP contribution < -0.4 is 0 Å². The van der Waals surface area contributed by atoms with E-state index in [1.165, 1.54) is 12.8 Å². The molecule has 0 spiro atoms. The van der Waals surface area contributed by atoms with Crippen LogP contribution in [-0.4, -0.2) is 72.3 Å². The Bertz CT molecular complexity index is 571. The van der Waals surface area contributed by atoms with Crippen LogP contribution in [0.2, 0.25) is 0 Å². The number of rotatable bonds is 4. The summed E-state index contributed by atoms with van der Waals surface area (Å²) >= 11 is 0. The molecule has 2 aliphatic heterocycles. The highest BCUT2D eigenvalue weighted by Gasteiger charge is 2.25. The monoisotopic (exact) mass is 329 g/mol. The van der Waals surface area contributed by atoms with Crippen molar-refractivity contribution < 1.29 is 9.59 Å². The highest BCUT2D eigenvalue weighted by Crippen LogP contribution is 2.12. The molecule has 2 saturated heterocycles. The first-order chi connectivity index (χ1) is 11.6. The Hall–Kier alpha value is -1.88. The molecule has 5 nitrogen and oxygen atoms in total. The van der Waals surface area contributed by atoms with Gasteiger partial charge in [0.25, 0.3) is 5.91 Å². The molecule has 24 heavy (non-hydrogen) atoms. The van der Waals surface area contributed by atoms with Crippen LogP contribution >= 0.6 is 0 Å². The van der Waals surface area contributed by atoms with E-state index < -0.39 is 0 Å². The second kappa shape index (κ2) is 7.79. The summed E-state index contributed by atoms with van der Waals surface area (Å²) in [4.78, 5) is 31.0. The maximum absolute atomic E-state index is 12.5. The topological polar surface area (TPSA) is 43.9 Å². The van der Waals surface area contributed by atoms with Crippen molar-refractivity contribution in [2.45, 2.75) is 26.2 Å². The van der Waals surface area contributed by atoms with Gasteiger partial charge in [-0.25, -0.2) is 0 Å². The minimum absolute atomic E-state index is 0.0687. The second-order valence-electron chi connectivity index (χ2n) is 6.84. The molecule has 1 aromatic carbocycles. The van der Waals surface area contributed by atoms with E-state index in [9.17, 15) is 9.59 Å². The number of amides is 2. The number of hydrogen-bond donors (Lipinski definition) is 0. The first kappa shape index (κ1) is 17.0. The molecular formula is C19H27N3O2. The van der Waals surface area contributed by atoms with Crippen LogP contribution in [0.4, 0.5) is 0 Å². The second-order valence-corrected chi connectivity index (χ2v) is 6.84. The van der Waals surface area contributed by atoms with Crippen molar-refractivity contribution in [2.24, 2.45) is 0 Å². The van der Waals surface area contributed by atoms with Crippen LogP contribution in [-0.2, 0) is 4.79 Å². The predicted octanol–water partition coefficient (Wildman–Crippen LogP) is 1.77. The summed E-state index contributed by atoms with van der Waals surface area (Å²) in [5, 5.41) is 0. The normalized spacial score (nSPS) is 18.9. The van der Waals surface area contributed by atoms with Crippen molar-refractivity contribution in [3.63, 3.8) is 0 Å². The molecule has 0 N–H and O–H groups in total. The van der Waals surface area contributed by atoms with Gasteiger partial charge in [0.1, 0.15) is 0 Å². The van der Waals surface area contributed by atoms with Crippen LogP contribution in [0, 0.1) is 6.92 Å². The van der Waals surface area contributed by atoms with Gasteiger partial charge < -0.3 is 14.7 Å². The Balaban J connectivity index is 1.45. The van der Waals surface area contributed by atoms with Gasteiger partial charge >= 0.3 is 0 Å². The molecule has 0 bridgehead atoms. The fourth-order valence-corrected chi connectivity index (χ4v) is 3.46. The van der Waals surface area contributed by atoms with Crippen LogP contribution in [0.5, 0.6) is 0 Å². The van der Waals surface area contributed by atoms with Gasteiger partial charge in [0.2, 0.25) is 5.91 Å². The number of carbonyl (C=O) groups is 2. The van der Waals surface area contributed by atoms with Crippen LogP contribution in [0.3, 0.4) is 0 Å². The van der Waals surface area contributed by atoms with Gasteiger partial charge in [-0.2, -0.15) is 0 Å². The zero-order valence-corrected chi connectivity index (χ0v) is 14.5. The predicted molar refractivity (Wildman–Crippen MR) is 94.0 cm³/mol. The first-order valence-electron chi connectivity index (χ1n) is 8.99. The third-order valence-electron chi connectivity index (χ3n) is 5.06. The summed E-state index contributed by atoms with van der Waals surface area (Å²) in [5.41, 5.74) is 1.88. The third kappa shape index (κ3) is 4.15. The molecule has 2 amide bonds. The van der Waals surface area contributed by atoms with Crippen LogP contribution in [0.1, 0.15) is 35.2 Å². The largest absolute Gasteiger partial charge is 0.339 e. The van der Waals surface area contributed by atoms with Gasteiger partial charge in [-0.15, -0.1) is 0 Å². The number of carbonyl (C=O) groups excluding carboxylic acids is 2. The molecule has 0 atom stereocenters. The van der Waals surface area contributed by atoms with E-state index in [-0.39, 0.29) is 11.8 Å². The molecule has 0 unspecified atom stereocenters. The molecule has 1 aromatic rings. The van der Waals surface area contributed by atoms with Crippen LogP contribution in [0.15, 0.2) is 24.3 Å². The smallest absolute Gasteiger partial charge is 0.253 e. The average molecular weight is 329 g/mol. The quantitative estimate of drug-likeness (QED) is 0.845. The van der Waals surface area contributed by atoms with Crippen LogP contribution in [0.25, 0.3) is 0 Å². The van der Waals surface area contributed by atoms with Crippen molar-refractivity contribution in [3.05, 3.63) is 35.4 Å². The summed E-state index contributed by atoms with van der Waals surface area (Å²) in [6.07, 6.45) is 3.12. The SMILES string of the molecule is Cc1ccc(C(=O)N2CCN(C(=O)CCN3CCCC3)CC2)cc1. The van der Waals surface area contributed by atoms with Crippen molar-refractivity contribution >= 4 is 11.8 Å². The molecule has 5 heteroatoms. The summed E-state index contributed by atoms with van der Waals surface area (Å²) < 4.78 is 0. The average Bonchev–Trinajstić information content (AvgIpc) is 3.13. The lowest BCUT2D eigenvalue weighted by Crippen LogP contribution is -2.51. The highest BCUT2D eigenvalue weighted by molar-refractivity contribution is 5.94. The number of nitrogens with zero attached hydrogens (tertiary/aromatic N) is 3. The van der Waals surface area contributed by atoms with E-state index in [2.05, 4.69) is 4.90 Å². The number of likely N-dealkylation sites (tertiary alicyclic amines) is 1. The van der Waals surface area contributed by atoms with Gasteiger partial charge in [-0.3, -0.25) is 9.59 Å². The zero-order valence-electron chi connectivity index (χ0n) is 14.5. The lowest BCUT2D eigenvalue weighted by atomic mass is 10.1. The fourth-order valence-electron chi connectivity index (χ4n) is 3.46. The van der Waals surface area contributed by atoms with Crippen molar-refractivity contribution in [2.75, 3.05) is 45.8 Å². The minimum Gasteiger partial charge on any atom is -0.339 e. The van der Waals surface area contributed by atoms with Crippen molar-refractivity contribution in [3.8, 4) is 0 Å². The van der Waals surface area contributed by atoms with Gasteiger partial charge in [0, 0.05) is 44.7 Å². The third-order valence-corrected chi connectivity index (χ3v) is 5.06. The van der Waals surface area contributed by atoms with Gasteiger partial charge in [0.15, 0.2) is 0 Å². The van der Waals surface area contributed by atoms with Gasteiger partial charge in [-0.1, -0.05) is 17.7 Å². The molecule has 2 fully saturated rings. The molecule has 2 aliphatic rings. The maximum atomic E-state index is 12.5. The molecule has 0 aliphatic carbocycles. The van der Waals surface area contributed by atoms with E-state index in [0.29, 0.717) is 32.6 Å². The van der Waals surface area contributed by atoms with E-state index in [0.717, 1.165) is 30.8 Å². The Morgan fingerprint density at radius 2 is 1.46 bits per heavy atom. The Kier molecular flexibility index (Phi) is 5.51. The summed E-state index contributed by atoms with van der Waals surface area (Å²) in [5.74, 6) is 0.295. The highest BCUT2D eigenvalue weighted by atomic mass is 16.2. The van der Waals surface area contributed by atoms with Gasteiger partial charge in [-0.05, 0) is 45.0 Å². The van der Waals surface area contributed by atoms with E-state index in [1.807, 2.05) is 41.0 Å². The number of benzene rings is 1. The van der Waals surface area contributed by atoms with E-state index >= 15 is 0 Å². The standard InChI is InChI=1S/C19H27N3O2/c1-16-4-6-17(7-5-16)19(24)22-14-12-21(13-15-22)18(23)8-11-20-9-2-3-10-20/h4-7H,2-3,8-15H2,1H3. The van der Waals surface area contributed by atoms with Crippen molar-refractivity contribution in [1.82, 2.24) is 14.7 Å². The minimum atomic E-state index is 0.0687.